The highest BCUT2D eigenvalue weighted by Crippen LogP contribution is 2.20. The molecule has 0 heterocycles. The Morgan fingerprint density at radius 3 is 2.50 bits per heavy atom. The second-order valence-electron chi connectivity index (χ2n) is 4.20. The second kappa shape index (κ2) is 4.53. The maximum atomic E-state index is 11.0. The van der Waals surface area contributed by atoms with Crippen LogP contribution in [0.4, 0.5) is 0 Å². The van der Waals surface area contributed by atoms with E-state index in [-0.39, 0.29) is 5.75 Å². The third-order valence-electron chi connectivity index (χ3n) is 2.69. The van der Waals surface area contributed by atoms with Crippen LogP contribution in [0, 0.1) is 0 Å². The minimum absolute atomic E-state index is 0.200. The molecule has 3 N–H and O–H groups in total. The molecule has 0 amide bonds. The summed E-state index contributed by atoms with van der Waals surface area (Å²) in [6.45, 7) is 0. The number of benzene rings is 1. The third-order valence-corrected chi connectivity index (χ3v) is 2.69. The van der Waals surface area contributed by atoms with Gasteiger partial charge in [-0.15, -0.1) is 0 Å². The Morgan fingerprint density at radius 2 is 2.00 bits per heavy atom. The molecule has 0 unspecified atom stereocenters. The zero-order valence-electron chi connectivity index (χ0n) is 8.89. The number of aromatic hydroxyl groups is 1. The van der Waals surface area contributed by atoms with Crippen molar-refractivity contribution in [3.05, 3.63) is 29.8 Å². The van der Waals surface area contributed by atoms with Gasteiger partial charge in [0, 0.05) is 6.04 Å². The maximum Gasteiger partial charge on any atom is 0.321 e. The molecule has 86 valence electrons. The van der Waals surface area contributed by atoms with Gasteiger partial charge in [-0.25, -0.2) is 0 Å². The molecule has 0 spiro atoms. The van der Waals surface area contributed by atoms with Crippen molar-refractivity contribution in [1.29, 1.82) is 0 Å². The molecule has 4 heteroatoms. The van der Waals surface area contributed by atoms with Crippen LogP contribution in [0.5, 0.6) is 5.75 Å². The van der Waals surface area contributed by atoms with Crippen LogP contribution >= 0.6 is 0 Å². The summed E-state index contributed by atoms with van der Waals surface area (Å²) in [4.78, 5) is 11.0. The normalized spacial score (nSPS) is 17.0. The molecule has 1 atom stereocenters. The van der Waals surface area contributed by atoms with Crippen LogP contribution < -0.4 is 5.32 Å². The third kappa shape index (κ3) is 2.97. The van der Waals surface area contributed by atoms with Gasteiger partial charge in [-0.1, -0.05) is 12.1 Å². The summed E-state index contributed by atoms with van der Waals surface area (Å²) in [5.41, 5.74) is 0.915. The molecule has 0 radical (unpaired) electrons. The van der Waals surface area contributed by atoms with E-state index in [2.05, 4.69) is 5.32 Å². The fourth-order valence-corrected chi connectivity index (χ4v) is 1.62. The first-order valence-corrected chi connectivity index (χ1v) is 5.42. The average molecular weight is 221 g/mol. The number of rotatable bonds is 5. The highest BCUT2D eigenvalue weighted by atomic mass is 16.4. The van der Waals surface area contributed by atoms with Crippen LogP contribution in [-0.2, 0) is 11.2 Å². The molecule has 2 rings (SSSR count). The predicted molar refractivity (Wildman–Crippen MR) is 59.4 cm³/mol. The summed E-state index contributed by atoms with van der Waals surface area (Å²) in [7, 11) is 0. The Morgan fingerprint density at radius 1 is 1.38 bits per heavy atom. The minimum Gasteiger partial charge on any atom is -0.508 e. The summed E-state index contributed by atoms with van der Waals surface area (Å²) >= 11 is 0. The zero-order chi connectivity index (χ0) is 11.5. The summed E-state index contributed by atoms with van der Waals surface area (Å²) in [6, 6.07) is 6.49. The van der Waals surface area contributed by atoms with E-state index in [1.54, 1.807) is 24.3 Å². The number of hydrogen-bond acceptors (Lipinski definition) is 3. The molecule has 1 saturated carbocycles. The molecule has 1 aliphatic rings. The van der Waals surface area contributed by atoms with Gasteiger partial charge < -0.3 is 15.5 Å². The van der Waals surface area contributed by atoms with Gasteiger partial charge in [0.25, 0.3) is 0 Å². The summed E-state index contributed by atoms with van der Waals surface area (Å²) < 4.78 is 0. The monoisotopic (exact) mass is 221 g/mol. The fourth-order valence-electron chi connectivity index (χ4n) is 1.62. The molecule has 0 aliphatic heterocycles. The van der Waals surface area contributed by atoms with Gasteiger partial charge in [0.15, 0.2) is 0 Å². The molecule has 1 aromatic rings. The van der Waals surface area contributed by atoms with E-state index < -0.39 is 12.0 Å². The number of hydrogen-bond donors (Lipinski definition) is 3. The fraction of sp³-hybridized carbons (Fsp3) is 0.417. The van der Waals surface area contributed by atoms with E-state index in [1.807, 2.05) is 0 Å². The number of phenols is 1. The lowest BCUT2D eigenvalue weighted by Gasteiger charge is -2.13. The molecule has 1 aliphatic carbocycles. The molecule has 1 aromatic carbocycles. The molecule has 4 nitrogen and oxygen atoms in total. The van der Waals surface area contributed by atoms with E-state index in [4.69, 9.17) is 10.2 Å². The minimum atomic E-state index is -0.819. The Balaban J connectivity index is 1.98. The van der Waals surface area contributed by atoms with Crippen molar-refractivity contribution < 1.29 is 15.0 Å². The van der Waals surface area contributed by atoms with Crippen molar-refractivity contribution in [3.8, 4) is 5.75 Å². The summed E-state index contributed by atoms with van der Waals surface area (Å²) in [5, 5.41) is 21.3. The summed E-state index contributed by atoms with van der Waals surface area (Å²) in [5.74, 6) is -0.620. The van der Waals surface area contributed by atoms with Gasteiger partial charge in [0.1, 0.15) is 11.8 Å². The molecule has 0 aromatic heterocycles. The first-order valence-electron chi connectivity index (χ1n) is 5.42. The van der Waals surface area contributed by atoms with E-state index in [0.29, 0.717) is 12.5 Å². The Hall–Kier alpha value is -1.55. The molecule has 0 bridgehead atoms. The van der Waals surface area contributed by atoms with Crippen molar-refractivity contribution in [1.82, 2.24) is 5.32 Å². The number of phenolic OH excluding ortho intramolecular Hbond substituents is 1. The Kier molecular flexibility index (Phi) is 3.10. The van der Waals surface area contributed by atoms with Gasteiger partial charge in [-0.2, -0.15) is 0 Å². The van der Waals surface area contributed by atoms with Crippen molar-refractivity contribution in [2.24, 2.45) is 0 Å². The molecule has 16 heavy (non-hydrogen) atoms. The molecule has 0 saturated heterocycles. The van der Waals surface area contributed by atoms with Crippen LogP contribution in [0.2, 0.25) is 0 Å². The van der Waals surface area contributed by atoms with Crippen molar-refractivity contribution >= 4 is 5.97 Å². The van der Waals surface area contributed by atoms with E-state index in [1.165, 1.54) is 0 Å². The number of nitrogens with one attached hydrogen (secondary N) is 1. The van der Waals surface area contributed by atoms with Gasteiger partial charge in [-0.05, 0) is 37.0 Å². The van der Waals surface area contributed by atoms with Crippen molar-refractivity contribution in [2.75, 3.05) is 0 Å². The van der Waals surface area contributed by atoms with Crippen molar-refractivity contribution in [3.63, 3.8) is 0 Å². The predicted octanol–water partition coefficient (Wildman–Crippen LogP) is 1.14. The van der Waals surface area contributed by atoms with Gasteiger partial charge in [0.05, 0.1) is 0 Å². The van der Waals surface area contributed by atoms with Gasteiger partial charge in [-0.3, -0.25) is 4.79 Å². The SMILES string of the molecule is O=C(O)[C@H](Cc1ccc(O)cc1)NC1CC1. The number of carbonyl (C=O) groups is 1. The van der Waals surface area contributed by atoms with Crippen LogP contribution in [0.25, 0.3) is 0 Å². The van der Waals surface area contributed by atoms with E-state index >= 15 is 0 Å². The standard InChI is InChI=1S/C12H15NO3/c14-10-5-1-8(2-6-10)7-11(12(15)16)13-9-3-4-9/h1-2,5-6,9,11,13-14H,3-4,7H2,(H,15,16)/t11-/m0/s1. The average Bonchev–Trinajstić information content (AvgIpc) is 3.04. The van der Waals surface area contributed by atoms with Gasteiger partial charge >= 0.3 is 5.97 Å². The number of carboxylic acids is 1. The first kappa shape index (κ1) is 11.0. The lowest BCUT2D eigenvalue weighted by atomic mass is 10.1. The van der Waals surface area contributed by atoms with Crippen molar-refractivity contribution in [2.45, 2.75) is 31.3 Å². The van der Waals surface area contributed by atoms with E-state index in [9.17, 15) is 4.79 Å². The molecule has 1 fully saturated rings. The van der Waals surface area contributed by atoms with Crippen LogP contribution in [0.3, 0.4) is 0 Å². The highest BCUT2D eigenvalue weighted by Gasteiger charge is 2.28. The Bertz CT molecular complexity index is 370. The largest absolute Gasteiger partial charge is 0.508 e. The lowest BCUT2D eigenvalue weighted by molar-refractivity contribution is -0.139. The maximum absolute atomic E-state index is 11.0. The van der Waals surface area contributed by atoms with Crippen LogP contribution in [0.15, 0.2) is 24.3 Å². The lowest BCUT2D eigenvalue weighted by Crippen LogP contribution is -2.39. The molecular formula is C12H15NO3. The molecular weight excluding hydrogens is 206 g/mol. The van der Waals surface area contributed by atoms with Gasteiger partial charge in [0.2, 0.25) is 0 Å². The quantitative estimate of drug-likeness (QED) is 0.697. The zero-order valence-corrected chi connectivity index (χ0v) is 8.89. The summed E-state index contributed by atoms with van der Waals surface area (Å²) in [6.07, 6.45) is 2.59. The first-order chi connectivity index (χ1) is 7.65. The number of carboxylic acid groups (broad SMARTS) is 1. The van der Waals surface area contributed by atoms with Crippen LogP contribution in [0.1, 0.15) is 18.4 Å². The Labute approximate surface area is 93.9 Å². The van der Waals surface area contributed by atoms with Crippen LogP contribution in [-0.4, -0.2) is 28.3 Å². The highest BCUT2D eigenvalue weighted by molar-refractivity contribution is 5.74. The number of aliphatic carboxylic acids is 1. The topological polar surface area (TPSA) is 69.6 Å². The smallest absolute Gasteiger partial charge is 0.321 e. The second-order valence-corrected chi connectivity index (χ2v) is 4.20. The van der Waals surface area contributed by atoms with E-state index in [0.717, 1.165) is 18.4 Å².